The Morgan fingerprint density at radius 1 is 1.20 bits per heavy atom. The fraction of sp³-hybridized carbons (Fsp3) is 0.600. The lowest BCUT2D eigenvalue weighted by atomic mass is 9.78. The second kappa shape index (κ2) is 7.89. The minimum atomic E-state index is -0.0650. The Kier molecular flexibility index (Phi) is 5.61. The molecule has 1 N–H and O–H groups in total. The van der Waals surface area contributed by atoms with Gasteiger partial charge in [-0.15, -0.1) is 0 Å². The Labute approximate surface area is 149 Å². The zero-order chi connectivity index (χ0) is 17.8. The summed E-state index contributed by atoms with van der Waals surface area (Å²) >= 11 is 0. The normalized spacial score (nSPS) is 26.6. The Hall–Kier alpha value is -2.04. The fourth-order valence-electron chi connectivity index (χ4n) is 3.83. The van der Waals surface area contributed by atoms with Crippen LogP contribution in [0.15, 0.2) is 24.3 Å². The Morgan fingerprint density at radius 3 is 2.64 bits per heavy atom. The molecule has 5 nitrogen and oxygen atoms in total. The highest BCUT2D eigenvalue weighted by atomic mass is 16.5. The van der Waals surface area contributed by atoms with E-state index in [1.807, 2.05) is 24.3 Å². The van der Waals surface area contributed by atoms with Crippen molar-refractivity contribution < 1.29 is 14.3 Å². The lowest BCUT2D eigenvalue weighted by molar-refractivity contribution is -0.124. The van der Waals surface area contributed by atoms with E-state index in [9.17, 15) is 9.59 Å². The molecule has 2 fully saturated rings. The zero-order valence-electron chi connectivity index (χ0n) is 15.2. The van der Waals surface area contributed by atoms with Crippen LogP contribution in [0.25, 0.3) is 0 Å². The molecule has 1 saturated carbocycles. The number of ether oxygens (including phenoxy) is 1. The number of nitrogens with zero attached hydrogens (tertiary/aromatic N) is 1. The predicted octanol–water partition coefficient (Wildman–Crippen LogP) is 3.13. The van der Waals surface area contributed by atoms with Gasteiger partial charge in [0.15, 0.2) is 6.61 Å². The van der Waals surface area contributed by atoms with Crippen molar-refractivity contribution in [2.24, 2.45) is 11.8 Å². The summed E-state index contributed by atoms with van der Waals surface area (Å²) in [5.41, 5.74) is 0.893. The molecule has 0 radical (unpaired) electrons. The Balaban J connectivity index is 1.48. The highest BCUT2D eigenvalue weighted by molar-refractivity contribution is 5.95. The number of hydrogen-bond acceptors (Lipinski definition) is 3. The molecule has 136 valence electrons. The fourth-order valence-corrected chi connectivity index (χ4v) is 3.83. The van der Waals surface area contributed by atoms with Crippen LogP contribution in [0.2, 0.25) is 0 Å². The molecule has 1 aliphatic heterocycles. The van der Waals surface area contributed by atoms with E-state index in [1.54, 1.807) is 4.90 Å². The minimum Gasteiger partial charge on any atom is -0.484 e. The molecule has 0 aromatic heterocycles. The SMILES string of the molecule is CC1CCCC(NC(=O)COc2ccc(N3CCCC3=O)cc2)C1C. The van der Waals surface area contributed by atoms with Crippen molar-refractivity contribution in [1.29, 1.82) is 0 Å². The molecular weight excluding hydrogens is 316 g/mol. The first kappa shape index (κ1) is 17.8. The van der Waals surface area contributed by atoms with Crippen molar-refractivity contribution in [3.05, 3.63) is 24.3 Å². The van der Waals surface area contributed by atoms with E-state index in [2.05, 4.69) is 19.2 Å². The molecule has 1 heterocycles. The van der Waals surface area contributed by atoms with E-state index < -0.39 is 0 Å². The van der Waals surface area contributed by atoms with Crippen molar-refractivity contribution in [3.63, 3.8) is 0 Å². The molecule has 1 aromatic carbocycles. The van der Waals surface area contributed by atoms with Crippen molar-refractivity contribution in [2.75, 3.05) is 18.1 Å². The van der Waals surface area contributed by atoms with Gasteiger partial charge in [-0.2, -0.15) is 0 Å². The number of rotatable bonds is 5. The number of hydrogen-bond donors (Lipinski definition) is 1. The van der Waals surface area contributed by atoms with E-state index in [1.165, 1.54) is 12.8 Å². The van der Waals surface area contributed by atoms with Crippen molar-refractivity contribution in [2.45, 2.75) is 52.0 Å². The summed E-state index contributed by atoms with van der Waals surface area (Å²) < 4.78 is 5.60. The standard InChI is InChI=1S/C20H28N2O3/c1-14-5-3-6-18(15(14)2)21-19(23)13-25-17-10-8-16(9-11-17)22-12-4-7-20(22)24/h8-11,14-15,18H,3-7,12-13H2,1-2H3,(H,21,23). The van der Waals surface area contributed by atoms with E-state index in [0.717, 1.165) is 25.1 Å². The number of amides is 2. The zero-order valence-corrected chi connectivity index (χ0v) is 15.2. The first-order valence-corrected chi connectivity index (χ1v) is 9.37. The largest absolute Gasteiger partial charge is 0.484 e. The lowest BCUT2D eigenvalue weighted by Gasteiger charge is -2.34. The number of carbonyl (C=O) groups excluding carboxylic acids is 2. The van der Waals surface area contributed by atoms with E-state index >= 15 is 0 Å². The quantitative estimate of drug-likeness (QED) is 0.893. The summed E-state index contributed by atoms with van der Waals surface area (Å²) in [6.07, 6.45) is 5.01. The minimum absolute atomic E-state index is 0.0274. The molecular formula is C20H28N2O3. The van der Waals surface area contributed by atoms with Gasteiger partial charge in [0.2, 0.25) is 5.91 Å². The van der Waals surface area contributed by atoms with Gasteiger partial charge < -0.3 is 15.0 Å². The molecule has 1 saturated heterocycles. The molecule has 2 amide bonds. The summed E-state index contributed by atoms with van der Waals surface area (Å²) in [5, 5.41) is 3.11. The second-order valence-electron chi connectivity index (χ2n) is 7.37. The van der Waals surface area contributed by atoms with Gasteiger partial charge in [-0.25, -0.2) is 0 Å². The first-order chi connectivity index (χ1) is 12.0. The highest BCUT2D eigenvalue weighted by Crippen LogP contribution is 2.29. The first-order valence-electron chi connectivity index (χ1n) is 9.37. The lowest BCUT2D eigenvalue weighted by Crippen LogP contribution is -2.45. The third kappa shape index (κ3) is 4.33. The number of carbonyl (C=O) groups is 2. The van der Waals surface area contributed by atoms with Gasteiger partial charge in [-0.3, -0.25) is 9.59 Å². The topological polar surface area (TPSA) is 58.6 Å². The third-order valence-corrected chi connectivity index (χ3v) is 5.64. The van der Waals surface area contributed by atoms with Gasteiger partial charge in [0, 0.05) is 24.7 Å². The summed E-state index contributed by atoms with van der Waals surface area (Å²) in [6.45, 7) is 5.28. The molecule has 3 atom stereocenters. The van der Waals surface area contributed by atoms with Crippen molar-refractivity contribution >= 4 is 17.5 Å². The van der Waals surface area contributed by atoms with Crippen LogP contribution in [-0.2, 0) is 9.59 Å². The molecule has 5 heteroatoms. The maximum absolute atomic E-state index is 12.2. The van der Waals surface area contributed by atoms with Gasteiger partial charge >= 0.3 is 0 Å². The Morgan fingerprint density at radius 2 is 1.96 bits per heavy atom. The van der Waals surface area contributed by atoms with Crippen molar-refractivity contribution in [3.8, 4) is 5.75 Å². The average molecular weight is 344 g/mol. The van der Waals surface area contributed by atoms with Crippen LogP contribution in [0.1, 0.15) is 46.0 Å². The number of anilines is 1. The van der Waals surface area contributed by atoms with Crippen LogP contribution in [-0.4, -0.2) is 31.0 Å². The molecule has 0 bridgehead atoms. The van der Waals surface area contributed by atoms with Crippen LogP contribution in [0.4, 0.5) is 5.69 Å². The second-order valence-corrected chi connectivity index (χ2v) is 7.37. The molecule has 1 aliphatic carbocycles. The summed E-state index contributed by atoms with van der Waals surface area (Å²) in [7, 11) is 0. The number of nitrogens with one attached hydrogen (secondary N) is 1. The van der Waals surface area contributed by atoms with Crippen LogP contribution in [0.3, 0.4) is 0 Å². The molecule has 3 rings (SSSR count). The number of benzene rings is 1. The van der Waals surface area contributed by atoms with E-state index in [4.69, 9.17) is 4.74 Å². The van der Waals surface area contributed by atoms with Gasteiger partial charge in [-0.05, 0) is 48.9 Å². The van der Waals surface area contributed by atoms with Gasteiger partial charge in [0.25, 0.3) is 5.91 Å². The van der Waals surface area contributed by atoms with Gasteiger partial charge in [0.05, 0.1) is 0 Å². The Bertz CT molecular complexity index is 614. The van der Waals surface area contributed by atoms with Crippen LogP contribution in [0.5, 0.6) is 5.75 Å². The molecule has 3 unspecified atom stereocenters. The van der Waals surface area contributed by atoms with Crippen LogP contribution in [0, 0.1) is 11.8 Å². The monoisotopic (exact) mass is 344 g/mol. The van der Waals surface area contributed by atoms with Crippen LogP contribution < -0.4 is 15.0 Å². The molecule has 25 heavy (non-hydrogen) atoms. The summed E-state index contributed by atoms with van der Waals surface area (Å²) in [6, 6.07) is 7.64. The van der Waals surface area contributed by atoms with Crippen LogP contribution >= 0.6 is 0 Å². The van der Waals surface area contributed by atoms with E-state index in [0.29, 0.717) is 24.0 Å². The highest BCUT2D eigenvalue weighted by Gasteiger charge is 2.28. The van der Waals surface area contributed by atoms with Crippen molar-refractivity contribution in [1.82, 2.24) is 5.32 Å². The van der Waals surface area contributed by atoms with Gasteiger partial charge in [-0.1, -0.05) is 26.7 Å². The smallest absolute Gasteiger partial charge is 0.258 e. The van der Waals surface area contributed by atoms with E-state index in [-0.39, 0.29) is 24.5 Å². The average Bonchev–Trinajstić information content (AvgIpc) is 3.04. The molecule has 1 aromatic rings. The third-order valence-electron chi connectivity index (χ3n) is 5.64. The summed E-state index contributed by atoms with van der Waals surface area (Å²) in [4.78, 5) is 25.7. The van der Waals surface area contributed by atoms with Gasteiger partial charge in [0.1, 0.15) is 5.75 Å². The maximum Gasteiger partial charge on any atom is 0.258 e. The summed E-state index contributed by atoms with van der Waals surface area (Å²) in [5.74, 6) is 1.92. The molecule has 0 spiro atoms. The maximum atomic E-state index is 12.2. The predicted molar refractivity (Wildman–Crippen MR) is 97.6 cm³/mol. The molecule has 2 aliphatic rings.